The number of carbonyl (C=O) groups is 1. The third kappa shape index (κ3) is 2.81. The molecule has 0 aliphatic carbocycles. The minimum atomic E-state index is -0.0923. The molecule has 2 aliphatic rings. The van der Waals surface area contributed by atoms with Crippen LogP contribution in [0.5, 0.6) is 11.5 Å². The summed E-state index contributed by atoms with van der Waals surface area (Å²) in [6.07, 6.45) is 0.369. The van der Waals surface area contributed by atoms with Crippen LogP contribution in [-0.4, -0.2) is 29.4 Å². The number of nitrogens with zero attached hydrogens (tertiary/aromatic N) is 3. The molecule has 1 unspecified atom stereocenters. The molecule has 0 bridgehead atoms. The van der Waals surface area contributed by atoms with Gasteiger partial charge in [0.25, 0.3) is 5.89 Å². The second-order valence-electron chi connectivity index (χ2n) is 6.77. The molecule has 0 radical (unpaired) electrons. The summed E-state index contributed by atoms with van der Waals surface area (Å²) in [7, 11) is 0. The number of hydrogen-bond donors (Lipinski definition) is 0. The maximum atomic E-state index is 12.5. The molecule has 2 aliphatic heterocycles. The van der Waals surface area contributed by atoms with Crippen molar-refractivity contribution in [2.45, 2.75) is 19.3 Å². The molecule has 27 heavy (non-hydrogen) atoms. The van der Waals surface area contributed by atoms with Gasteiger partial charge < -0.3 is 18.9 Å². The molecule has 3 heterocycles. The second-order valence-corrected chi connectivity index (χ2v) is 6.77. The van der Waals surface area contributed by atoms with Crippen LogP contribution in [0, 0.1) is 6.92 Å². The monoisotopic (exact) mass is 363 g/mol. The van der Waals surface area contributed by atoms with Gasteiger partial charge in [-0.2, -0.15) is 4.98 Å². The first-order valence-electron chi connectivity index (χ1n) is 8.78. The summed E-state index contributed by atoms with van der Waals surface area (Å²) in [4.78, 5) is 18.7. The number of aromatic nitrogens is 2. The predicted molar refractivity (Wildman–Crippen MR) is 96.7 cm³/mol. The lowest BCUT2D eigenvalue weighted by Crippen LogP contribution is -2.24. The molecule has 1 fully saturated rings. The Morgan fingerprint density at radius 1 is 1.07 bits per heavy atom. The summed E-state index contributed by atoms with van der Waals surface area (Å²) in [5, 5.41) is 4.11. The fraction of sp³-hybridized carbons (Fsp3) is 0.250. The topological polar surface area (TPSA) is 77.7 Å². The zero-order valence-electron chi connectivity index (χ0n) is 14.7. The van der Waals surface area contributed by atoms with Gasteiger partial charge in [0, 0.05) is 30.1 Å². The van der Waals surface area contributed by atoms with Gasteiger partial charge in [-0.25, -0.2) is 0 Å². The van der Waals surface area contributed by atoms with E-state index >= 15 is 0 Å². The van der Waals surface area contributed by atoms with E-state index in [9.17, 15) is 4.79 Å². The number of benzene rings is 2. The van der Waals surface area contributed by atoms with E-state index in [1.54, 1.807) is 4.90 Å². The van der Waals surface area contributed by atoms with Gasteiger partial charge in [-0.05, 0) is 37.3 Å². The summed E-state index contributed by atoms with van der Waals surface area (Å²) in [5.41, 5.74) is 2.82. The van der Waals surface area contributed by atoms with E-state index < -0.39 is 0 Å². The quantitative estimate of drug-likeness (QED) is 0.711. The van der Waals surface area contributed by atoms with Gasteiger partial charge in [-0.1, -0.05) is 22.9 Å². The van der Waals surface area contributed by atoms with Crippen LogP contribution in [0.2, 0.25) is 0 Å². The van der Waals surface area contributed by atoms with E-state index in [-0.39, 0.29) is 18.6 Å². The molecule has 1 saturated heterocycles. The van der Waals surface area contributed by atoms with Crippen LogP contribution in [0.3, 0.4) is 0 Å². The van der Waals surface area contributed by atoms with Gasteiger partial charge in [-0.3, -0.25) is 4.79 Å². The lowest BCUT2D eigenvalue weighted by molar-refractivity contribution is -0.117. The highest BCUT2D eigenvalue weighted by molar-refractivity contribution is 5.96. The average Bonchev–Trinajstić information content (AvgIpc) is 3.41. The standard InChI is InChI=1S/C20H17N3O4/c1-12-2-5-15(6-3-12)23-10-14(9-18(23)24)19-21-20(27-22-19)13-4-7-16-17(8-13)26-11-25-16/h2-8,14H,9-11H2,1H3. The van der Waals surface area contributed by atoms with Gasteiger partial charge in [0.15, 0.2) is 17.3 Å². The zero-order valence-corrected chi connectivity index (χ0v) is 14.7. The van der Waals surface area contributed by atoms with Crippen LogP contribution in [0.1, 0.15) is 23.7 Å². The van der Waals surface area contributed by atoms with Crippen molar-refractivity contribution >= 4 is 11.6 Å². The molecule has 0 N–H and O–H groups in total. The first kappa shape index (κ1) is 15.9. The lowest BCUT2D eigenvalue weighted by Gasteiger charge is -2.16. The van der Waals surface area contributed by atoms with Crippen LogP contribution in [0.15, 0.2) is 47.0 Å². The predicted octanol–water partition coefficient (Wildman–Crippen LogP) is 3.29. The third-order valence-corrected chi connectivity index (χ3v) is 4.90. The Labute approximate surface area is 155 Å². The second kappa shape index (κ2) is 6.12. The number of carbonyl (C=O) groups excluding carboxylic acids is 1. The minimum absolute atomic E-state index is 0.0679. The third-order valence-electron chi connectivity index (χ3n) is 4.90. The average molecular weight is 363 g/mol. The van der Waals surface area contributed by atoms with Crippen LogP contribution in [-0.2, 0) is 4.79 Å². The normalized spacial score (nSPS) is 18.3. The van der Waals surface area contributed by atoms with Gasteiger partial charge in [0.05, 0.1) is 0 Å². The Bertz CT molecular complexity index is 1010. The number of fused-ring (bicyclic) bond motifs is 1. The highest BCUT2D eigenvalue weighted by atomic mass is 16.7. The first-order valence-corrected chi connectivity index (χ1v) is 8.78. The zero-order chi connectivity index (χ0) is 18.4. The molecule has 3 aromatic rings. The van der Waals surface area contributed by atoms with E-state index in [1.807, 2.05) is 49.4 Å². The molecule has 2 aromatic carbocycles. The van der Waals surface area contributed by atoms with Crippen molar-refractivity contribution in [1.29, 1.82) is 0 Å². The molecule has 0 spiro atoms. The molecule has 1 amide bonds. The maximum absolute atomic E-state index is 12.5. The summed E-state index contributed by atoms with van der Waals surface area (Å²) in [6.45, 7) is 2.78. The number of anilines is 1. The van der Waals surface area contributed by atoms with Crippen molar-refractivity contribution in [3.63, 3.8) is 0 Å². The van der Waals surface area contributed by atoms with Crippen molar-refractivity contribution in [3.05, 3.63) is 53.9 Å². The highest BCUT2D eigenvalue weighted by Gasteiger charge is 2.34. The molecule has 7 nitrogen and oxygen atoms in total. The summed E-state index contributed by atoms with van der Waals surface area (Å²) in [6, 6.07) is 13.4. The Morgan fingerprint density at radius 2 is 1.89 bits per heavy atom. The van der Waals surface area contributed by atoms with E-state index in [4.69, 9.17) is 14.0 Å². The van der Waals surface area contributed by atoms with Crippen molar-refractivity contribution in [1.82, 2.24) is 10.1 Å². The number of hydrogen-bond acceptors (Lipinski definition) is 6. The van der Waals surface area contributed by atoms with Gasteiger partial charge >= 0.3 is 0 Å². The molecule has 0 saturated carbocycles. The molecule has 5 rings (SSSR count). The van der Waals surface area contributed by atoms with Crippen molar-refractivity contribution < 1.29 is 18.8 Å². The summed E-state index contributed by atoms with van der Waals surface area (Å²) < 4.78 is 16.1. The van der Waals surface area contributed by atoms with E-state index in [2.05, 4.69) is 10.1 Å². The Morgan fingerprint density at radius 3 is 2.74 bits per heavy atom. The van der Waals surface area contributed by atoms with Gasteiger partial charge in [0.1, 0.15) is 0 Å². The van der Waals surface area contributed by atoms with Crippen LogP contribution >= 0.6 is 0 Å². The van der Waals surface area contributed by atoms with Crippen molar-refractivity contribution in [2.75, 3.05) is 18.2 Å². The summed E-state index contributed by atoms with van der Waals surface area (Å²) >= 11 is 0. The van der Waals surface area contributed by atoms with Crippen LogP contribution < -0.4 is 14.4 Å². The van der Waals surface area contributed by atoms with Gasteiger partial charge in [0.2, 0.25) is 12.7 Å². The smallest absolute Gasteiger partial charge is 0.258 e. The molecule has 7 heteroatoms. The Balaban J connectivity index is 1.37. The SMILES string of the molecule is Cc1ccc(N2CC(c3noc(-c4ccc5c(c4)OCO5)n3)CC2=O)cc1. The Hall–Kier alpha value is -3.35. The largest absolute Gasteiger partial charge is 0.454 e. The van der Waals surface area contributed by atoms with Crippen molar-refractivity contribution in [2.24, 2.45) is 0 Å². The molecular formula is C20H17N3O4. The number of ether oxygens (including phenoxy) is 2. The van der Waals surface area contributed by atoms with E-state index in [1.165, 1.54) is 0 Å². The highest BCUT2D eigenvalue weighted by Crippen LogP contribution is 2.36. The van der Waals surface area contributed by atoms with E-state index in [0.717, 1.165) is 16.8 Å². The van der Waals surface area contributed by atoms with Gasteiger partial charge in [-0.15, -0.1) is 0 Å². The van der Waals surface area contributed by atoms with Crippen LogP contribution in [0.4, 0.5) is 5.69 Å². The molecule has 136 valence electrons. The minimum Gasteiger partial charge on any atom is -0.454 e. The van der Waals surface area contributed by atoms with E-state index in [0.29, 0.717) is 36.2 Å². The maximum Gasteiger partial charge on any atom is 0.258 e. The fourth-order valence-electron chi connectivity index (χ4n) is 3.40. The van der Waals surface area contributed by atoms with Crippen LogP contribution in [0.25, 0.3) is 11.5 Å². The number of rotatable bonds is 3. The number of amides is 1. The number of aryl methyl sites for hydroxylation is 1. The fourth-order valence-corrected chi connectivity index (χ4v) is 3.40. The molecule has 1 aromatic heterocycles. The Kier molecular flexibility index (Phi) is 3.60. The first-order chi connectivity index (χ1) is 13.2. The molecule has 1 atom stereocenters. The lowest BCUT2D eigenvalue weighted by atomic mass is 10.1. The van der Waals surface area contributed by atoms with Crippen molar-refractivity contribution in [3.8, 4) is 23.0 Å². The summed E-state index contributed by atoms with van der Waals surface area (Å²) in [5.74, 6) is 2.29. The molecular weight excluding hydrogens is 346 g/mol.